The molecular weight excluding hydrogens is 1270 g/mol. The van der Waals surface area contributed by atoms with Crippen molar-refractivity contribution in [3.05, 3.63) is 88.8 Å². The van der Waals surface area contributed by atoms with Gasteiger partial charge in [0.1, 0.15) is 31.9 Å². The third-order valence-corrected chi connectivity index (χ3v) is 18.3. The molecule has 0 saturated carbocycles. The van der Waals surface area contributed by atoms with Crippen LogP contribution in [0.3, 0.4) is 0 Å². The van der Waals surface area contributed by atoms with Crippen molar-refractivity contribution in [1.29, 1.82) is 0 Å². The van der Waals surface area contributed by atoms with Crippen molar-refractivity contribution >= 4 is 103 Å². The molecule has 5 rings (SSSR count). The van der Waals surface area contributed by atoms with Crippen molar-refractivity contribution in [2.24, 2.45) is 0 Å². The summed E-state index contributed by atoms with van der Waals surface area (Å²) in [4.78, 5) is 108. The molecule has 468 valence electrons. The van der Waals surface area contributed by atoms with Crippen LogP contribution in [0.15, 0.2) is 33.2 Å². The number of carbonyl (C=O) groups excluding carboxylic acids is 8. The lowest BCUT2D eigenvalue weighted by Gasteiger charge is -2.31. The highest BCUT2D eigenvalue weighted by molar-refractivity contribution is 9.11. The summed E-state index contributed by atoms with van der Waals surface area (Å²) in [5.41, 5.74) is 3.52. The van der Waals surface area contributed by atoms with E-state index in [9.17, 15) is 38.4 Å². The number of unbranched alkanes of at least 4 members (excludes halogenated alkanes) is 10. The number of carbonyl (C=O) groups is 8. The van der Waals surface area contributed by atoms with E-state index < -0.39 is 71.4 Å². The van der Waals surface area contributed by atoms with Gasteiger partial charge in [-0.2, -0.15) is 23.5 Å². The van der Waals surface area contributed by atoms with Gasteiger partial charge in [0, 0.05) is 146 Å². The van der Waals surface area contributed by atoms with Crippen molar-refractivity contribution in [2.45, 2.75) is 209 Å². The first-order chi connectivity index (χ1) is 40.7. The predicted octanol–water partition coefficient (Wildman–Crippen LogP) is 16.7. The standard InChI is InChI=1S/C66H82Br2O16S2/c1-15-17-19-21-23-25-27-85-33-55-59(77-39(7)69)47-29-48(60(55)78-40(8)70)36(4)52-32-54(66(84-46(14)76)58(68)64(52)82-44(12)74)38(6)50-30-49(37(5)53-31-51(35(47)3)63(81-43(11)73)57(67)65(53)83-45(13)75)61(79-41(9)71)56(62(50)80-42(10)72)34-86-28-26-24-22-20-18-16-2/h29-32,35-38H,15-28,33-34H2,1-14H3. The normalized spacial score (nSPS) is 15.3. The molecule has 0 heterocycles. The van der Waals surface area contributed by atoms with Crippen LogP contribution in [0.1, 0.15) is 253 Å². The minimum atomic E-state index is -0.912. The Bertz CT molecular complexity index is 2810. The molecule has 0 N–H and O–H groups in total. The van der Waals surface area contributed by atoms with Gasteiger partial charge < -0.3 is 37.9 Å². The summed E-state index contributed by atoms with van der Waals surface area (Å²) in [5, 5.41) is 0. The molecule has 4 atom stereocenters. The Kier molecular flexibility index (Phi) is 27.8. The molecule has 0 fully saturated rings. The summed E-state index contributed by atoms with van der Waals surface area (Å²) < 4.78 is 49.7. The van der Waals surface area contributed by atoms with E-state index in [0.29, 0.717) is 67.1 Å². The van der Waals surface area contributed by atoms with Crippen LogP contribution in [0.25, 0.3) is 0 Å². The van der Waals surface area contributed by atoms with Gasteiger partial charge >= 0.3 is 47.8 Å². The van der Waals surface area contributed by atoms with Gasteiger partial charge in [0.2, 0.25) is 0 Å². The lowest BCUT2D eigenvalue weighted by atomic mass is 9.79. The van der Waals surface area contributed by atoms with Crippen LogP contribution in [0.5, 0.6) is 46.0 Å². The number of hydrogen-bond acceptors (Lipinski definition) is 18. The zero-order valence-electron chi connectivity index (χ0n) is 52.0. The van der Waals surface area contributed by atoms with E-state index in [-0.39, 0.29) is 66.4 Å². The SMILES string of the molecule is CCCCCCCCSCc1c(OC(C)=O)c2cc(c1OC(C)=O)C(C)c1cc(c(OC(C)=O)c(Br)c1OC(C)=O)C(C)c1cc(c(OC(C)=O)c(CSCCCCCCCC)c1OC(C)=O)C(C)c1cc(c(OC(C)=O)c(Br)c1OC(C)=O)C2C. The number of halogens is 2. The van der Waals surface area contributed by atoms with E-state index >= 15 is 0 Å². The fourth-order valence-corrected chi connectivity index (χ4v) is 14.0. The molecule has 0 aromatic heterocycles. The second kappa shape index (κ2) is 33.6. The zero-order valence-corrected chi connectivity index (χ0v) is 56.8. The third kappa shape index (κ3) is 18.7. The summed E-state index contributed by atoms with van der Waals surface area (Å²) in [7, 11) is 0. The maximum Gasteiger partial charge on any atom is 0.308 e. The van der Waals surface area contributed by atoms with Crippen molar-refractivity contribution < 1.29 is 76.3 Å². The lowest BCUT2D eigenvalue weighted by molar-refractivity contribution is -0.133. The Labute approximate surface area is 531 Å². The summed E-state index contributed by atoms with van der Waals surface area (Å²) in [6.45, 7) is 21.5. The Morgan fingerprint density at radius 2 is 0.512 bits per heavy atom. The van der Waals surface area contributed by atoms with Crippen LogP contribution in [0.4, 0.5) is 0 Å². The van der Waals surface area contributed by atoms with Gasteiger partial charge in [0.15, 0.2) is 23.0 Å². The molecule has 8 bridgehead atoms. The van der Waals surface area contributed by atoms with Crippen LogP contribution >= 0.6 is 55.4 Å². The second-order valence-corrected chi connectivity index (χ2v) is 25.5. The number of ether oxygens (including phenoxy) is 8. The maximum atomic E-state index is 13.6. The number of hydrogen-bond donors (Lipinski definition) is 0. The fourth-order valence-electron chi connectivity index (χ4n) is 10.7. The average Bonchev–Trinajstić information content (AvgIpc) is 0.895. The van der Waals surface area contributed by atoms with Crippen molar-refractivity contribution in [3.8, 4) is 46.0 Å². The van der Waals surface area contributed by atoms with Crippen molar-refractivity contribution in [3.63, 3.8) is 0 Å². The molecule has 0 aliphatic heterocycles. The van der Waals surface area contributed by atoms with E-state index in [0.717, 1.165) is 77.0 Å². The summed E-state index contributed by atoms with van der Waals surface area (Å²) in [5.74, 6) is -7.41. The van der Waals surface area contributed by atoms with Crippen LogP contribution < -0.4 is 37.9 Å². The number of esters is 8. The third-order valence-electron chi connectivity index (χ3n) is 14.7. The van der Waals surface area contributed by atoms with Crippen molar-refractivity contribution in [2.75, 3.05) is 11.5 Å². The van der Waals surface area contributed by atoms with E-state index in [1.54, 1.807) is 47.8 Å². The number of rotatable bonds is 26. The highest BCUT2D eigenvalue weighted by atomic mass is 79.9. The first kappa shape index (κ1) is 71.1. The summed E-state index contributed by atoms with van der Waals surface area (Å²) in [6, 6.07) is 6.91. The van der Waals surface area contributed by atoms with Crippen LogP contribution in [-0.2, 0) is 49.9 Å². The second-order valence-electron chi connectivity index (χ2n) is 21.7. The van der Waals surface area contributed by atoms with E-state index in [4.69, 9.17) is 37.9 Å². The van der Waals surface area contributed by atoms with Gasteiger partial charge in [-0.1, -0.05) is 106 Å². The molecule has 1 aliphatic rings. The Morgan fingerprint density at radius 1 is 0.326 bits per heavy atom. The number of fused-ring (bicyclic) bond motifs is 8. The molecule has 16 nitrogen and oxygen atoms in total. The minimum Gasteiger partial charge on any atom is -0.426 e. The molecule has 86 heavy (non-hydrogen) atoms. The van der Waals surface area contributed by atoms with Crippen LogP contribution in [0.2, 0.25) is 0 Å². The molecule has 4 unspecified atom stereocenters. The minimum absolute atomic E-state index is 0.0389. The highest BCUT2D eigenvalue weighted by Gasteiger charge is 2.38. The van der Waals surface area contributed by atoms with E-state index in [1.807, 2.05) is 27.7 Å². The Hall–Kier alpha value is -5.70. The first-order valence-corrected chi connectivity index (χ1v) is 33.4. The number of benzene rings is 4. The monoisotopic (exact) mass is 1350 g/mol. The van der Waals surface area contributed by atoms with Gasteiger partial charge in [0.25, 0.3) is 0 Å². The molecule has 4 aromatic rings. The topological polar surface area (TPSA) is 210 Å². The van der Waals surface area contributed by atoms with E-state index in [1.165, 1.54) is 55.4 Å². The maximum absolute atomic E-state index is 13.6. The molecule has 0 amide bonds. The molecule has 0 saturated heterocycles. The Morgan fingerprint density at radius 3 is 0.721 bits per heavy atom. The fraction of sp³-hybridized carbons (Fsp3) is 0.515. The number of thioether (sulfide) groups is 2. The van der Waals surface area contributed by atoms with Gasteiger partial charge in [0.05, 0.1) is 0 Å². The van der Waals surface area contributed by atoms with Crippen molar-refractivity contribution in [1.82, 2.24) is 0 Å². The molecule has 20 heteroatoms. The molecule has 0 radical (unpaired) electrons. The average molecular weight is 1360 g/mol. The summed E-state index contributed by atoms with van der Waals surface area (Å²) >= 11 is 10.5. The van der Waals surface area contributed by atoms with Gasteiger partial charge in [-0.3, -0.25) is 38.4 Å². The van der Waals surface area contributed by atoms with Crippen LogP contribution in [-0.4, -0.2) is 59.3 Å². The highest BCUT2D eigenvalue weighted by Crippen LogP contribution is 2.57. The largest absolute Gasteiger partial charge is 0.426 e. The Balaban J connectivity index is 2.13. The lowest BCUT2D eigenvalue weighted by Crippen LogP contribution is -2.19. The zero-order chi connectivity index (χ0) is 63.7. The molecule has 1 aliphatic carbocycles. The van der Waals surface area contributed by atoms with Crippen LogP contribution in [0, 0.1) is 0 Å². The van der Waals surface area contributed by atoms with E-state index in [2.05, 4.69) is 45.7 Å². The first-order valence-electron chi connectivity index (χ1n) is 29.5. The quantitative estimate of drug-likeness (QED) is 0.0325. The van der Waals surface area contributed by atoms with Gasteiger partial charge in [-0.15, -0.1) is 0 Å². The smallest absolute Gasteiger partial charge is 0.308 e. The summed E-state index contributed by atoms with van der Waals surface area (Å²) in [6.07, 6.45) is 12.6. The predicted molar refractivity (Wildman–Crippen MR) is 341 cm³/mol. The molecule has 4 aromatic carbocycles. The molecular formula is C66H82Br2O16S2. The van der Waals surface area contributed by atoms with Gasteiger partial charge in [-0.25, -0.2) is 0 Å². The molecule has 0 spiro atoms. The van der Waals surface area contributed by atoms with Gasteiger partial charge in [-0.05, 0) is 80.5 Å².